The van der Waals surface area contributed by atoms with E-state index in [-0.39, 0.29) is 0 Å². The number of ether oxygens (including phenoxy) is 1. The van der Waals surface area contributed by atoms with Crippen molar-refractivity contribution in [2.24, 2.45) is 5.92 Å². The molecule has 0 aromatic rings. The van der Waals surface area contributed by atoms with Gasteiger partial charge in [-0.05, 0) is 38.0 Å². The van der Waals surface area contributed by atoms with Crippen LogP contribution in [0.2, 0.25) is 0 Å². The number of carbonyl (C=O) groups excluding carboxylic acids is 1. The van der Waals surface area contributed by atoms with Crippen LogP contribution in [0.25, 0.3) is 0 Å². The quantitative estimate of drug-likeness (QED) is 0.788. The maximum absolute atomic E-state index is 12.5. The second-order valence-corrected chi connectivity index (χ2v) is 6.89. The van der Waals surface area contributed by atoms with Crippen LogP contribution in [0, 0.1) is 5.92 Å². The molecule has 3 fully saturated rings. The van der Waals surface area contributed by atoms with Gasteiger partial charge in [0.1, 0.15) is 0 Å². The van der Waals surface area contributed by atoms with Gasteiger partial charge < -0.3 is 9.64 Å². The first kappa shape index (κ1) is 14.4. The summed E-state index contributed by atoms with van der Waals surface area (Å²) >= 11 is 0. The maximum atomic E-state index is 12.5. The van der Waals surface area contributed by atoms with Crippen molar-refractivity contribution >= 4 is 5.91 Å². The number of nitrogens with zero attached hydrogens (tertiary/aromatic N) is 1. The van der Waals surface area contributed by atoms with Crippen molar-refractivity contribution in [3.05, 3.63) is 0 Å². The van der Waals surface area contributed by atoms with Gasteiger partial charge in [-0.25, -0.2) is 0 Å². The van der Waals surface area contributed by atoms with E-state index in [1.807, 2.05) is 0 Å². The third kappa shape index (κ3) is 3.36. The molecular weight excluding hydrogens is 250 g/mol. The number of hydrogen-bond acceptors (Lipinski definition) is 2. The molecule has 20 heavy (non-hydrogen) atoms. The molecule has 2 saturated carbocycles. The molecule has 1 amide bonds. The first-order chi connectivity index (χ1) is 9.84. The third-order valence-electron chi connectivity index (χ3n) is 5.53. The molecule has 0 aromatic carbocycles. The van der Waals surface area contributed by atoms with E-state index >= 15 is 0 Å². The molecule has 2 atom stereocenters. The first-order valence-electron chi connectivity index (χ1n) is 8.75. The van der Waals surface area contributed by atoms with Crippen LogP contribution in [0.4, 0.5) is 0 Å². The van der Waals surface area contributed by atoms with Crippen LogP contribution in [0.1, 0.15) is 70.6 Å². The van der Waals surface area contributed by atoms with Crippen LogP contribution in [0.3, 0.4) is 0 Å². The molecule has 1 heterocycles. The summed E-state index contributed by atoms with van der Waals surface area (Å²) in [6.45, 7) is 1.57. The van der Waals surface area contributed by atoms with Gasteiger partial charge in [-0.3, -0.25) is 4.79 Å². The zero-order valence-electron chi connectivity index (χ0n) is 12.7. The Bertz CT molecular complexity index is 325. The van der Waals surface area contributed by atoms with Crippen molar-refractivity contribution in [1.29, 1.82) is 0 Å². The van der Waals surface area contributed by atoms with Gasteiger partial charge in [0.25, 0.3) is 0 Å². The minimum Gasteiger partial charge on any atom is -0.374 e. The Morgan fingerprint density at radius 2 is 1.90 bits per heavy atom. The Labute approximate surface area is 123 Å². The van der Waals surface area contributed by atoms with E-state index in [9.17, 15) is 4.79 Å². The van der Waals surface area contributed by atoms with E-state index in [1.54, 1.807) is 0 Å². The van der Waals surface area contributed by atoms with Crippen molar-refractivity contribution < 1.29 is 9.53 Å². The highest BCUT2D eigenvalue weighted by molar-refractivity contribution is 5.76. The predicted octanol–water partition coefficient (Wildman–Crippen LogP) is 3.52. The van der Waals surface area contributed by atoms with Gasteiger partial charge in [0.05, 0.1) is 18.8 Å². The zero-order chi connectivity index (χ0) is 13.8. The Hall–Kier alpha value is -0.570. The summed E-state index contributed by atoms with van der Waals surface area (Å²) < 4.78 is 5.79. The van der Waals surface area contributed by atoms with Crippen molar-refractivity contribution in [1.82, 2.24) is 4.90 Å². The first-order valence-corrected chi connectivity index (χ1v) is 8.75. The van der Waals surface area contributed by atoms with Crippen LogP contribution in [0.5, 0.6) is 0 Å². The zero-order valence-corrected chi connectivity index (χ0v) is 12.7. The van der Waals surface area contributed by atoms with E-state index in [1.165, 1.54) is 44.9 Å². The molecule has 114 valence electrons. The van der Waals surface area contributed by atoms with Gasteiger partial charge in [-0.15, -0.1) is 0 Å². The maximum Gasteiger partial charge on any atom is 0.222 e. The van der Waals surface area contributed by atoms with Crippen molar-refractivity contribution in [3.63, 3.8) is 0 Å². The van der Waals surface area contributed by atoms with Crippen LogP contribution < -0.4 is 0 Å². The topological polar surface area (TPSA) is 29.5 Å². The summed E-state index contributed by atoms with van der Waals surface area (Å²) in [6, 6.07) is 0.394. The van der Waals surface area contributed by atoms with Crippen LogP contribution in [0.15, 0.2) is 0 Å². The summed E-state index contributed by atoms with van der Waals surface area (Å²) in [5.74, 6) is 1.29. The molecule has 0 bridgehead atoms. The van der Waals surface area contributed by atoms with Gasteiger partial charge in [-0.1, -0.05) is 32.1 Å². The van der Waals surface area contributed by atoms with Crippen molar-refractivity contribution in [2.45, 2.75) is 82.8 Å². The fourth-order valence-corrected chi connectivity index (χ4v) is 4.40. The standard InChI is InChI=1S/C17H29NO2/c19-17(11-4-8-14-6-2-1-3-7-14)18-12-13-20-16-10-5-9-15(16)18/h14-16H,1-13H2/t15-,16+/m0/s1. The minimum atomic E-state index is 0.339. The number of rotatable bonds is 4. The Morgan fingerprint density at radius 3 is 2.75 bits per heavy atom. The normalized spacial score (nSPS) is 31.3. The Balaban J connectivity index is 1.41. The van der Waals surface area contributed by atoms with Crippen LogP contribution in [-0.4, -0.2) is 36.1 Å². The molecule has 0 spiro atoms. The average Bonchev–Trinajstić information content (AvgIpc) is 2.96. The van der Waals surface area contributed by atoms with Gasteiger partial charge in [0.2, 0.25) is 5.91 Å². The number of fused-ring (bicyclic) bond motifs is 1. The number of carbonyl (C=O) groups is 1. The second-order valence-electron chi connectivity index (χ2n) is 6.89. The highest BCUT2D eigenvalue weighted by Gasteiger charge is 2.37. The SMILES string of the molecule is O=C(CCCC1CCCCC1)N1CCO[C@@H]2CCC[C@@H]21. The number of morpholine rings is 1. The highest BCUT2D eigenvalue weighted by atomic mass is 16.5. The van der Waals surface area contributed by atoms with E-state index in [4.69, 9.17) is 4.74 Å². The molecule has 3 rings (SSSR count). The average molecular weight is 279 g/mol. The highest BCUT2D eigenvalue weighted by Crippen LogP contribution is 2.31. The van der Waals surface area contributed by atoms with Gasteiger partial charge >= 0.3 is 0 Å². The smallest absolute Gasteiger partial charge is 0.222 e. The summed E-state index contributed by atoms with van der Waals surface area (Å²) in [4.78, 5) is 14.6. The molecular formula is C17H29NO2. The van der Waals surface area contributed by atoms with Crippen molar-refractivity contribution in [2.75, 3.05) is 13.2 Å². The molecule has 1 saturated heterocycles. The van der Waals surface area contributed by atoms with E-state index in [0.29, 0.717) is 18.1 Å². The summed E-state index contributed by atoms with van der Waals surface area (Å²) in [7, 11) is 0. The third-order valence-corrected chi connectivity index (χ3v) is 5.53. The monoisotopic (exact) mass is 279 g/mol. The lowest BCUT2D eigenvalue weighted by Gasteiger charge is -2.37. The van der Waals surface area contributed by atoms with Crippen LogP contribution >= 0.6 is 0 Å². The molecule has 0 radical (unpaired) electrons. The summed E-state index contributed by atoms with van der Waals surface area (Å²) in [6.07, 6.45) is 14.0. The molecule has 0 aromatic heterocycles. The van der Waals surface area contributed by atoms with E-state index < -0.39 is 0 Å². The van der Waals surface area contributed by atoms with Gasteiger partial charge in [0, 0.05) is 13.0 Å². The summed E-state index contributed by atoms with van der Waals surface area (Å²) in [5.41, 5.74) is 0. The number of amides is 1. The van der Waals surface area contributed by atoms with E-state index in [2.05, 4.69) is 4.90 Å². The summed E-state index contributed by atoms with van der Waals surface area (Å²) in [5, 5.41) is 0. The fourth-order valence-electron chi connectivity index (χ4n) is 4.40. The molecule has 2 aliphatic carbocycles. The van der Waals surface area contributed by atoms with Gasteiger partial charge in [-0.2, -0.15) is 0 Å². The molecule has 0 unspecified atom stereocenters. The molecule has 3 nitrogen and oxygen atoms in total. The van der Waals surface area contributed by atoms with Gasteiger partial charge in [0.15, 0.2) is 0 Å². The van der Waals surface area contributed by atoms with E-state index in [0.717, 1.165) is 44.8 Å². The predicted molar refractivity (Wildman–Crippen MR) is 79.5 cm³/mol. The molecule has 0 N–H and O–H groups in total. The molecule has 3 aliphatic rings. The molecule has 1 aliphatic heterocycles. The lowest BCUT2D eigenvalue weighted by atomic mass is 9.86. The second kappa shape index (κ2) is 6.93. The fraction of sp³-hybridized carbons (Fsp3) is 0.941. The van der Waals surface area contributed by atoms with Crippen molar-refractivity contribution in [3.8, 4) is 0 Å². The lowest BCUT2D eigenvalue weighted by Crippen LogP contribution is -2.51. The Kier molecular flexibility index (Phi) is 4.98. The number of hydrogen-bond donors (Lipinski definition) is 0. The molecule has 3 heteroatoms. The van der Waals surface area contributed by atoms with Crippen LogP contribution in [-0.2, 0) is 9.53 Å². The lowest BCUT2D eigenvalue weighted by molar-refractivity contribution is -0.144. The Morgan fingerprint density at radius 1 is 1.05 bits per heavy atom. The minimum absolute atomic E-state index is 0.339. The largest absolute Gasteiger partial charge is 0.374 e.